The second kappa shape index (κ2) is 6.21. The van der Waals surface area contributed by atoms with E-state index >= 15 is 0 Å². The number of phenols is 1. The van der Waals surface area contributed by atoms with Crippen molar-refractivity contribution in [2.45, 2.75) is 6.92 Å². The van der Waals surface area contributed by atoms with Gasteiger partial charge in [-0.1, -0.05) is 12.1 Å². The molecule has 0 radical (unpaired) electrons. The van der Waals surface area contributed by atoms with Crippen LogP contribution in [0.15, 0.2) is 24.3 Å². The van der Waals surface area contributed by atoms with Crippen LogP contribution in [-0.4, -0.2) is 5.11 Å². The van der Waals surface area contributed by atoms with Gasteiger partial charge in [0, 0.05) is 37.2 Å². The Morgan fingerprint density at radius 3 is 2.20 bits per heavy atom. The van der Waals surface area contributed by atoms with Crippen molar-refractivity contribution in [3.05, 3.63) is 29.8 Å². The number of aromatic hydroxyl groups is 1. The molecular weight excluding hydrogens is 354 g/mol. The molecule has 0 amide bonds. The number of hydrogen-bond acceptors (Lipinski definition) is 1. The smallest absolute Gasteiger partial charge is 0.115 e. The van der Waals surface area contributed by atoms with E-state index in [1.807, 2.05) is 19.1 Å². The van der Waals surface area contributed by atoms with Crippen LogP contribution in [0.2, 0.25) is 0 Å². The molecular formula is C7H8I2O. The lowest BCUT2D eigenvalue weighted by Gasteiger charge is -1.89. The van der Waals surface area contributed by atoms with Gasteiger partial charge >= 0.3 is 0 Å². The van der Waals surface area contributed by atoms with Gasteiger partial charge in [0.15, 0.2) is 0 Å². The van der Waals surface area contributed by atoms with E-state index in [2.05, 4.69) is 37.2 Å². The Kier molecular flexibility index (Phi) is 6.50. The number of phenolic OH excluding ortho intramolecular Hbond substituents is 1. The molecule has 56 valence electrons. The Bertz CT molecular complexity index is 171. The fourth-order valence-corrected chi connectivity index (χ4v) is 0.628. The van der Waals surface area contributed by atoms with Gasteiger partial charge in [-0.05, 0) is 24.6 Å². The lowest BCUT2D eigenvalue weighted by atomic mass is 10.2. The minimum atomic E-state index is 0.338. The van der Waals surface area contributed by atoms with Crippen LogP contribution in [0.25, 0.3) is 0 Å². The van der Waals surface area contributed by atoms with Gasteiger partial charge in [-0.2, -0.15) is 0 Å². The van der Waals surface area contributed by atoms with Gasteiger partial charge in [-0.3, -0.25) is 0 Å². The summed E-state index contributed by atoms with van der Waals surface area (Å²) in [4.78, 5) is 0. The maximum Gasteiger partial charge on any atom is 0.115 e. The van der Waals surface area contributed by atoms with Crippen molar-refractivity contribution in [1.82, 2.24) is 0 Å². The summed E-state index contributed by atoms with van der Waals surface area (Å²) in [5.74, 6) is 0.338. The van der Waals surface area contributed by atoms with Gasteiger partial charge in [0.2, 0.25) is 0 Å². The van der Waals surface area contributed by atoms with Crippen LogP contribution >= 0.6 is 37.2 Å². The average Bonchev–Trinajstić information content (AvgIpc) is 1.91. The number of aryl methyl sites for hydroxylation is 1. The molecule has 0 saturated heterocycles. The average molecular weight is 362 g/mol. The summed E-state index contributed by atoms with van der Waals surface area (Å²) >= 11 is 4.24. The van der Waals surface area contributed by atoms with E-state index in [1.54, 1.807) is 12.1 Å². The third-order valence-corrected chi connectivity index (χ3v) is 1.00. The molecule has 0 atom stereocenters. The van der Waals surface area contributed by atoms with Crippen molar-refractivity contribution in [1.29, 1.82) is 0 Å². The van der Waals surface area contributed by atoms with Crippen molar-refractivity contribution in [2.75, 3.05) is 0 Å². The monoisotopic (exact) mass is 362 g/mol. The second-order valence-electron chi connectivity index (χ2n) is 1.84. The lowest BCUT2D eigenvalue weighted by Crippen LogP contribution is -1.66. The normalized spacial score (nSPS) is 7.90. The van der Waals surface area contributed by atoms with E-state index in [9.17, 15) is 0 Å². The van der Waals surface area contributed by atoms with Crippen LogP contribution in [-0.2, 0) is 0 Å². The highest BCUT2D eigenvalue weighted by atomic mass is 128. The Balaban J connectivity index is 0.000000371. The fraction of sp³-hybridized carbons (Fsp3) is 0.143. The maximum absolute atomic E-state index is 8.81. The van der Waals surface area contributed by atoms with Gasteiger partial charge in [0.1, 0.15) is 5.75 Å². The predicted octanol–water partition coefficient (Wildman–Crippen LogP) is 3.47. The van der Waals surface area contributed by atoms with Crippen molar-refractivity contribution in [3.63, 3.8) is 0 Å². The molecule has 1 N–H and O–H groups in total. The van der Waals surface area contributed by atoms with Gasteiger partial charge in [0.05, 0.1) is 0 Å². The fourth-order valence-electron chi connectivity index (χ4n) is 0.628. The standard InChI is InChI=1S/C7H8O.I2/c1-6-3-2-4-7(8)5-6;1-2/h2-5,8H,1H3;. The number of benzene rings is 1. The molecule has 0 spiro atoms. The van der Waals surface area contributed by atoms with E-state index in [0.717, 1.165) is 5.56 Å². The topological polar surface area (TPSA) is 20.2 Å². The highest BCUT2D eigenvalue weighted by molar-refractivity contribution is 15.0. The molecule has 1 aromatic carbocycles. The highest BCUT2D eigenvalue weighted by Crippen LogP contribution is 2.08. The first-order valence-electron chi connectivity index (χ1n) is 2.69. The molecule has 0 bridgehead atoms. The summed E-state index contributed by atoms with van der Waals surface area (Å²) in [7, 11) is 0. The highest BCUT2D eigenvalue weighted by Gasteiger charge is 1.83. The maximum atomic E-state index is 8.81. The molecule has 0 aliphatic carbocycles. The van der Waals surface area contributed by atoms with E-state index < -0.39 is 0 Å². The zero-order valence-corrected chi connectivity index (χ0v) is 9.83. The molecule has 1 aromatic rings. The quantitative estimate of drug-likeness (QED) is 0.701. The summed E-state index contributed by atoms with van der Waals surface area (Å²) in [5.41, 5.74) is 1.09. The Morgan fingerprint density at radius 1 is 1.30 bits per heavy atom. The van der Waals surface area contributed by atoms with Crippen LogP contribution in [0.1, 0.15) is 5.56 Å². The molecule has 0 aliphatic heterocycles. The Hall–Kier alpha value is 0.480. The van der Waals surface area contributed by atoms with Crippen LogP contribution < -0.4 is 0 Å². The van der Waals surface area contributed by atoms with Crippen molar-refractivity contribution in [3.8, 4) is 5.75 Å². The van der Waals surface area contributed by atoms with E-state index in [-0.39, 0.29) is 0 Å². The van der Waals surface area contributed by atoms with E-state index in [1.165, 1.54) is 0 Å². The van der Waals surface area contributed by atoms with Gasteiger partial charge < -0.3 is 5.11 Å². The molecule has 0 heterocycles. The van der Waals surface area contributed by atoms with Crippen LogP contribution in [0.4, 0.5) is 0 Å². The van der Waals surface area contributed by atoms with Gasteiger partial charge in [-0.25, -0.2) is 0 Å². The summed E-state index contributed by atoms with van der Waals surface area (Å²) in [6, 6.07) is 7.15. The molecule has 1 rings (SSSR count). The first-order valence-corrected chi connectivity index (χ1v) is 8.97. The zero-order chi connectivity index (χ0) is 7.98. The van der Waals surface area contributed by atoms with Crippen molar-refractivity contribution in [2.24, 2.45) is 0 Å². The SMILES string of the molecule is Cc1cccc(O)c1.II. The largest absolute Gasteiger partial charge is 0.508 e. The third-order valence-electron chi connectivity index (χ3n) is 1.00. The summed E-state index contributed by atoms with van der Waals surface area (Å²) in [6.07, 6.45) is 0. The molecule has 0 aromatic heterocycles. The lowest BCUT2D eigenvalue weighted by molar-refractivity contribution is 0.475. The van der Waals surface area contributed by atoms with Crippen LogP contribution in [0, 0.1) is 6.92 Å². The van der Waals surface area contributed by atoms with Crippen LogP contribution in [0.5, 0.6) is 5.75 Å². The molecule has 0 fully saturated rings. The summed E-state index contributed by atoms with van der Waals surface area (Å²) < 4.78 is 0. The molecule has 0 unspecified atom stereocenters. The molecule has 1 nitrogen and oxygen atoms in total. The first kappa shape index (κ1) is 10.5. The van der Waals surface area contributed by atoms with Crippen LogP contribution in [0.3, 0.4) is 0 Å². The minimum absolute atomic E-state index is 0.338. The number of rotatable bonds is 0. The zero-order valence-electron chi connectivity index (χ0n) is 5.51. The van der Waals surface area contributed by atoms with Gasteiger partial charge in [0.25, 0.3) is 0 Å². The molecule has 10 heavy (non-hydrogen) atoms. The Labute approximate surface area is 84.2 Å². The first-order chi connectivity index (χ1) is 4.79. The third kappa shape index (κ3) is 4.32. The predicted molar refractivity (Wildman–Crippen MR) is 60.9 cm³/mol. The number of hydrogen-bond donors (Lipinski definition) is 1. The van der Waals surface area contributed by atoms with E-state index in [0.29, 0.717) is 5.75 Å². The van der Waals surface area contributed by atoms with Crippen molar-refractivity contribution < 1.29 is 5.11 Å². The molecule has 0 saturated carbocycles. The number of halogens is 2. The summed E-state index contributed by atoms with van der Waals surface area (Å²) in [6.45, 7) is 1.94. The van der Waals surface area contributed by atoms with Gasteiger partial charge in [-0.15, -0.1) is 0 Å². The van der Waals surface area contributed by atoms with Crippen molar-refractivity contribution >= 4 is 37.2 Å². The molecule has 3 heteroatoms. The Morgan fingerprint density at radius 2 is 1.90 bits per heavy atom. The second-order valence-corrected chi connectivity index (χ2v) is 1.84. The minimum Gasteiger partial charge on any atom is -0.508 e. The summed E-state index contributed by atoms with van der Waals surface area (Å²) in [5, 5.41) is 8.81. The van der Waals surface area contributed by atoms with E-state index in [4.69, 9.17) is 5.11 Å². The molecule has 0 aliphatic rings.